The second-order valence-corrected chi connectivity index (χ2v) is 3.99. The lowest BCUT2D eigenvalue weighted by Crippen LogP contribution is -2.37. The first-order valence-corrected chi connectivity index (χ1v) is 4.45. The van der Waals surface area contributed by atoms with Crippen molar-refractivity contribution in [3.63, 3.8) is 0 Å². The zero-order valence-electron chi connectivity index (χ0n) is 5.89. The van der Waals surface area contributed by atoms with Crippen molar-refractivity contribution < 1.29 is 19.8 Å². The molecular formula is C4H8N2O4S2. The molecule has 70 valence electrons. The fourth-order valence-electron chi connectivity index (χ4n) is 0.487. The fraction of sp³-hybridized carbons (Fsp3) is 0.500. The summed E-state index contributed by atoms with van der Waals surface area (Å²) in [5.74, 6) is -2.60. The minimum atomic E-state index is -1.69. The Morgan fingerprint density at radius 1 is 1.25 bits per heavy atom. The summed E-state index contributed by atoms with van der Waals surface area (Å²) in [6.45, 7) is 0. The summed E-state index contributed by atoms with van der Waals surface area (Å²) in [6, 6.07) is 0. The van der Waals surface area contributed by atoms with Crippen LogP contribution in [0, 0.1) is 0 Å². The first kappa shape index (κ1) is 11.6. The number of rotatable bonds is 5. The van der Waals surface area contributed by atoms with Gasteiger partial charge in [-0.3, -0.25) is 15.1 Å². The minimum absolute atomic E-state index is 0.411. The molecule has 0 amide bonds. The largest absolute Gasteiger partial charge is 0.481 e. The van der Waals surface area contributed by atoms with Gasteiger partial charge in [0.15, 0.2) is 4.08 Å². The first-order valence-electron chi connectivity index (χ1n) is 2.69. The molecule has 0 aromatic rings. The van der Waals surface area contributed by atoms with Gasteiger partial charge in [0.2, 0.25) is 0 Å². The summed E-state index contributed by atoms with van der Waals surface area (Å²) in [5, 5.41) is 27.0. The monoisotopic (exact) mass is 212 g/mol. The van der Waals surface area contributed by atoms with Crippen LogP contribution in [0.5, 0.6) is 0 Å². The predicted molar refractivity (Wildman–Crippen MR) is 46.2 cm³/mol. The molecule has 0 bridgehead atoms. The van der Waals surface area contributed by atoms with E-state index in [1.54, 1.807) is 0 Å². The van der Waals surface area contributed by atoms with Gasteiger partial charge in [-0.2, -0.15) is 0 Å². The van der Waals surface area contributed by atoms with Crippen molar-refractivity contribution in [2.75, 3.05) is 0 Å². The molecule has 12 heavy (non-hydrogen) atoms. The quantitative estimate of drug-likeness (QED) is 0.353. The first-order chi connectivity index (χ1) is 5.48. The number of nitrogens with two attached hydrogens (primary N) is 2. The van der Waals surface area contributed by atoms with Crippen LogP contribution >= 0.6 is 23.9 Å². The number of carboxylic acids is 2. The van der Waals surface area contributed by atoms with Gasteiger partial charge in [-0.25, -0.2) is 4.79 Å². The van der Waals surface area contributed by atoms with Gasteiger partial charge >= 0.3 is 11.9 Å². The van der Waals surface area contributed by atoms with Gasteiger partial charge in [-0.1, -0.05) is 23.9 Å². The molecule has 0 saturated heterocycles. The molecular weight excluding hydrogens is 204 g/mol. The zero-order valence-corrected chi connectivity index (χ0v) is 7.52. The number of hydrogen-bond donors (Lipinski definition) is 4. The Bertz CT molecular complexity index is 193. The highest BCUT2D eigenvalue weighted by Crippen LogP contribution is 2.33. The Morgan fingerprint density at radius 3 is 1.75 bits per heavy atom. The highest BCUT2D eigenvalue weighted by atomic mass is 32.2. The van der Waals surface area contributed by atoms with E-state index in [4.69, 9.17) is 20.5 Å². The third-order valence-corrected chi connectivity index (χ3v) is 3.07. The Hall–Kier alpha value is -0.440. The third kappa shape index (κ3) is 2.55. The molecule has 0 aromatic carbocycles. The number of carbonyl (C=O) groups is 2. The maximum Gasteiger partial charge on any atom is 0.333 e. The van der Waals surface area contributed by atoms with Gasteiger partial charge < -0.3 is 10.2 Å². The molecule has 0 aromatic heterocycles. The molecule has 0 aliphatic carbocycles. The molecule has 6 nitrogen and oxygen atoms in total. The summed E-state index contributed by atoms with van der Waals surface area (Å²) in [6.07, 6.45) is -0.620. The Labute approximate surface area is 76.9 Å². The highest BCUT2D eigenvalue weighted by molar-refractivity contribution is 8.17. The maximum atomic E-state index is 10.6. The van der Waals surface area contributed by atoms with Gasteiger partial charge in [0.1, 0.15) is 0 Å². The van der Waals surface area contributed by atoms with E-state index < -0.39 is 22.4 Å². The van der Waals surface area contributed by atoms with Crippen molar-refractivity contribution in [2.45, 2.75) is 10.5 Å². The van der Waals surface area contributed by atoms with E-state index >= 15 is 0 Å². The summed E-state index contributed by atoms with van der Waals surface area (Å²) in [5.41, 5.74) is 0. The van der Waals surface area contributed by atoms with Crippen LogP contribution in [0.1, 0.15) is 6.42 Å². The van der Waals surface area contributed by atoms with Crippen LogP contribution in [-0.4, -0.2) is 26.2 Å². The van der Waals surface area contributed by atoms with Crippen LogP contribution in [0.3, 0.4) is 0 Å². The molecule has 0 atom stereocenters. The standard InChI is InChI=1S/C4H8N2O4S2/c5-11-4(12-6,3(9)10)1-2(7)8/h1,5-6H2,(H,7,8)(H,9,10). The van der Waals surface area contributed by atoms with Crippen molar-refractivity contribution in [3.05, 3.63) is 0 Å². The van der Waals surface area contributed by atoms with Crippen LogP contribution < -0.4 is 10.3 Å². The van der Waals surface area contributed by atoms with Gasteiger partial charge in [0.25, 0.3) is 0 Å². The lowest BCUT2D eigenvalue weighted by atomic mass is 10.3. The SMILES string of the molecule is NSC(CC(=O)O)(SN)C(=O)O. The molecule has 0 saturated carbocycles. The van der Waals surface area contributed by atoms with E-state index in [0.29, 0.717) is 23.9 Å². The summed E-state index contributed by atoms with van der Waals surface area (Å²) in [4.78, 5) is 20.8. The number of hydrogen-bond acceptors (Lipinski definition) is 6. The zero-order chi connectivity index (χ0) is 9.78. The van der Waals surface area contributed by atoms with E-state index in [1.165, 1.54) is 0 Å². The molecule has 8 heteroatoms. The number of aliphatic carboxylic acids is 2. The van der Waals surface area contributed by atoms with Gasteiger partial charge in [0, 0.05) is 0 Å². The van der Waals surface area contributed by atoms with E-state index in [0.717, 1.165) is 0 Å². The van der Waals surface area contributed by atoms with E-state index in [1.807, 2.05) is 0 Å². The summed E-state index contributed by atoms with van der Waals surface area (Å²) < 4.78 is -1.69. The molecule has 0 rings (SSSR count). The minimum Gasteiger partial charge on any atom is -0.481 e. The lowest BCUT2D eigenvalue weighted by molar-refractivity contribution is -0.143. The van der Waals surface area contributed by atoms with Crippen molar-refractivity contribution in [3.8, 4) is 0 Å². The summed E-state index contributed by atoms with van der Waals surface area (Å²) >= 11 is 0.823. The fourth-order valence-corrected chi connectivity index (χ4v) is 1.32. The highest BCUT2D eigenvalue weighted by Gasteiger charge is 2.41. The van der Waals surface area contributed by atoms with Crippen LogP contribution in [0.25, 0.3) is 0 Å². The molecule has 6 N–H and O–H groups in total. The van der Waals surface area contributed by atoms with Crippen molar-refractivity contribution in [1.82, 2.24) is 0 Å². The second kappa shape index (κ2) is 4.55. The van der Waals surface area contributed by atoms with Crippen LogP contribution in [-0.2, 0) is 9.59 Å². The third-order valence-electron chi connectivity index (χ3n) is 1.09. The molecule has 0 aliphatic heterocycles. The molecule has 0 radical (unpaired) electrons. The Balaban J connectivity index is 4.58. The molecule has 0 aliphatic rings. The molecule has 0 unspecified atom stereocenters. The van der Waals surface area contributed by atoms with E-state index in [-0.39, 0.29) is 0 Å². The van der Waals surface area contributed by atoms with Gasteiger partial charge in [-0.15, -0.1) is 0 Å². The van der Waals surface area contributed by atoms with Gasteiger partial charge in [0.05, 0.1) is 6.42 Å². The van der Waals surface area contributed by atoms with Gasteiger partial charge in [-0.05, 0) is 0 Å². The normalized spacial score (nSPS) is 11.2. The van der Waals surface area contributed by atoms with Crippen LogP contribution in [0.2, 0.25) is 0 Å². The smallest absolute Gasteiger partial charge is 0.333 e. The number of carboxylic acid groups (broad SMARTS) is 2. The van der Waals surface area contributed by atoms with E-state index in [9.17, 15) is 9.59 Å². The maximum absolute atomic E-state index is 10.6. The summed E-state index contributed by atoms with van der Waals surface area (Å²) in [7, 11) is 0. The van der Waals surface area contributed by atoms with Crippen LogP contribution in [0.4, 0.5) is 0 Å². The second-order valence-electron chi connectivity index (χ2n) is 1.86. The lowest BCUT2D eigenvalue weighted by Gasteiger charge is -2.20. The average Bonchev–Trinajstić information content (AvgIpc) is 1.99. The molecule has 0 heterocycles. The van der Waals surface area contributed by atoms with E-state index in [2.05, 4.69) is 0 Å². The molecule has 0 spiro atoms. The average molecular weight is 212 g/mol. The Morgan fingerprint density at radius 2 is 1.67 bits per heavy atom. The van der Waals surface area contributed by atoms with Crippen molar-refractivity contribution >= 4 is 35.8 Å². The van der Waals surface area contributed by atoms with Crippen LogP contribution in [0.15, 0.2) is 0 Å². The van der Waals surface area contributed by atoms with Crippen molar-refractivity contribution in [2.24, 2.45) is 10.3 Å². The molecule has 0 fully saturated rings. The van der Waals surface area contributed by atoms with Crippen molar-refractivity contribution in [1.29, 1.82) is 0 Å². The predicted octanol–water partition coefficient (Wildman–Crippen LogP) is -0.544. The topological polar surface area (TPSA) is 127 Å². The Kier molecular flexibility index (Phi) is 4.39.